The highest BCUT2D eigenvalue weighted by atomic mass is 35.5. The summed E-state index contributed by atoms with van der Waals surface area (Å²) < 4.78 is 51.8. The van der Waals surface area contributed by atoms with Crippen molar-refractivity contribution < 1.29 is 22.6 Å². The van der Waals surface area contributed by atoms with Crippen LogP contribution in [0.1, 0.15) is 22.3 Å². The van der Waals surface area contributed by atoms with E-state index < -0.39 is 17.4 Å². The third-order valence-electron chi connectivity index (χ3n) is 5.88. The zero-order valence-corrected chi connectivity index (χ0v) is 19.8. The minimum atomic E-state index is -4.51. The summed E-state index contributed by atoms with van der Waals surface area (Å²) in [7, 11) is 0. The maximum atomic E-state index is 13.0. The normalized spacial score (nSPS) is 12.3. The van der Waals surface area contributed by atoms with E-state index in [1.165, 1.54) is 24.3 Å². The Morgan fingerprint density at radius 3 is 2.70 bits per heavy atom. The van der Waals surface area contributed by atoms with Gasteiger partial charge in [-0.2, -0.15) is 23.4 Å². The summed E-state index contributed by atoms with van der Waals surface area (Å²) >= 11 is 6.11. The van der Waals surface area contributed by atoms with E-state index in [2.05, 4.69) is 4.98 Å². The number of aryl methyl sites for hydroxylation is 1. The SMILES string of the molecule is N#Cc1cc(COc2cc3n(c(=O)n2)CCc2cc(Cl)ccc2-3)ccc1Oc1cccc(C(F)(F)F)c1. The van der Waals surface area contributed by atoms with Gasteiger partial charge in [0.1, 0.15) is 24.2 Å². The minimum Gasteiger partial charge on any atom is -0.473 e. The predicted octanol–water partition coefficient (Wildman–Crippen LogP) is 6.38. The molecular weight excluding hydrogens is 507 g/mol. The van der Waals surface area contributed by atoms with Crippen molar-refractivity contribution in [3.8, 4) is 34.7 Å². The van der Waals surface area contributed by atoms with Gasteiger partial charge in [-0.1, -0.05) is 29.8 Å². The first-order chi connectivity index (χ1) is 17.7. The van der Waals surface area contributed by atoms with Gasteiger partial charge in [-0.3, -0.25) is 4.57 Å². The number of hydrogen-bond acceptors (Lipinski definition) is 5. The van der Waals surface area contributed by atoms with Crippen LogP contribution in [0.4, 0.5) is 13.2 Å². The Morgan fingerprint density at radius 1 is 1.08 bits per heavy atom. The second-order valence-electron chi connectivity index (χ2n) is 8.32. The van der Waals surface area contributed by atoms with Gasteiger partial charge in [0.25, 0.3) is 0 Å². The van der Waals surface area contributed by atoms with Crippen LogP contribution < -0.4 is 15.2 Å². The van der Waals surface area contributed by atoms with Crippen LogP contribution in [0.15, 0.2) is 71.5 Å². The van der Waals surface area contributed by atoms with Crippen molar-refractivity contribution in [2.24, 2.45) is 0 Å². The second kappa shape index (κ2) is 9.64. The summed E-state index contributed by atoms with van der Waals surface area (Å²) in [6, 6.07) is 18.2. The molecule has 0 bridgehead atoms. The molecule has 37 heavy (non-hydrogen) atoms. The number of alkyl halides is 3. The number of halogens is 4. The van der Waals surface area contributed by atoms with Gasteiger partial charge in [0.2, 0.25) is 5.88 Å². The molecule has 3 aromatic carbocycles. The second-order valence-corrected chi connectivity index (χ2v) is 8.76. The standard InChI is InChI=1S/C27H17ClF3N3O3/c28-20-5-6-22-17(11-20)8-9-34-23(22)13-25(33-26(34)35)36-15-16-4-7-24(18(10-16)14-32)37-21-3-1-2-19(12-21)27(29,30)31/h1-7,10-13H,8-9,15H2. The first-order valence-electron chi connectivity index (χ1n) is 11.1. The molecule has 1 aliphatic heterocycles. The summed E-state index contributed by atoms with van der Waals surface area (Å²) in [6.07, 6.45) is -3.85. The van der Waals surface area contributed by atoms with Crippen LogP contribution in [0, 0.1) is 11.3 Å². The summed E-state index contributed by atoms with van der Waals surface area (Å²) in [4.78, 5) is 16.6. The van der Waals surface area contributed by atoms with Gasteiger partial charge in [-0.25, -0.2) is 4.79 Å². The van der Waals surface area contributed by atoms with Gasteiger partial charge >= 0.3 is 11.9 Å². The number of rotatable bonds is 5. The third kappa shape index (κ3) is 5.15. The summed E-state index contributed by atoms with van der Waals surface area (Å²) in [5.74, 6) is 0.184. The number of ether oxygens (including phenoxy) is 2. The number of nitriles is 1. The highest BCUT2D eigenvalue weighted by molar-refractivity contribution is 6.30. The third-order valence-corrected chi connectivity index (χ3v) is 6.11. The fraction of sp³-hybridized carbons (Fsp3) is 0.148. The van der Waals surface area contributed by atoms with Gasteiger partial charge in [0.05, 0.1) is 16.8 Å². The molecule has 10 heteroatoms. The zero-order chi connectivity index (χ0) is 26.2. The van der Waals surface area contributed by atoms with Gasteiger partial charge < -0.3 is 9.47 Å². The van der Waals surface area contributed by atoms with Crippen molar-refractivity contribution in [2.45, 2.75) is 25.7 Å². The molecular formula is C27H17ClF3N3O3. The van der Waals surface area contributed by atoms with Gasteiger partial charge in [0.15, 0.2) is 0 Å². The Balaban J connectivity index is 1.35. The Kier molecular flexibility index (Phi) is 6.36. The molecule has 0 aliphatic carbocycles. The summed E-state index contributed by atoms with van der Waals surface area (Å²) in [6.45, 7) is 0.482. The van der Waals surface area contributed by atoms with Crippen LogP contribution in [0.5, 0.6) is 17.4 Å². The van der Waals surface area contributed by atoms with Crippen molar-refractivity contribution in [3.63, 3.8) is 0 Å². The molecule has 0 spiro atoms. The Morgan fingerprint density at radius 2 is 1.92 bits per heavy atom. The molecule has 4 aromatic rings. The Labute approximate surface area is 214 Å². The van der Waals surface area contributed by atoms with Crippen molar-refractivity contribution in [1.29, 1.82) is 5.26 Å². The quantitative estimate of drug-likeness (QED) is 0.303. The molecule has 186 valence electrons. The monoisotopic (exact) mass is 523 g/mol. The van der Waals surface area contributed by atoms with Crippen molar-refractivity contribution >= 4 is 11.6 Å². The smallest absolute Gasteiger partial charge is 0.416 e. The molecule has 0 fully saturated rings. The van der Waals surface area contributed by atoms with Crippen LogP contribution in [0.2, 0.25) is 5.02 Å². The van der Waals surface area contributed by atoms with E-state index in [0.29, 0.717) is 29.2 Å². The van der Waals surface area contributed by atoms with Crippen LogP contribution in [0.3, 0.4) is 0 Å². The number of nitrogens with zero attached hydrogens (tertiary/aromatic N) is 3. The number of hydrogen-bond donors (Lipinski definition) is 0. The average Bonchev–Trinajstić information content (AvgIpc) is 2.87. The number of benzene rings is 3. The van der Waals surface area contributed by atoms with Crippen LogP contribution >= 0.6 is 11.6 Å². The molecule has 0 unspecified atom stereocenters. The lowest BCUT2D eigenvalue weighted by molar-refractivity contribution is -0.137. The lowest BCUT2D eigenvalue weighted by Crippen LogP contribution is -2.28. The maximum Gasteiger partial charge on any atom is 0.416 e. The van der Waals surface area contributed by atoms with E-state index in [4.69, 9.17) is 21.1 Å². The lowest BCUT2D eigenvalue weighted by Gasteiger charge is -2.21. The summed E-state index contributed by atoms with van der Waals surface area (Å²) in [5, 5.41) is 10.2. The van der Waals surface area contributed by atoms with E-state index in [9.17, 15) is 23.2 Å². The molecule has 6 nitrogen and oxygen atoms in total. The van der Waals surface area contributed by atoms with Crippen molar-refractivity contribution in [2.75, 3.05) is 0 Å². The van der Waals surface area contributed by atoms with E-state index in [-0.39, 0.29) is 29.5 Å². The Hall–Kier alpha value is -4.29. The van der Waals surface area contributed by atoms with E-state index in [1.807, 2.05) is 18.2 Å². The molecule has 0 saturated heterocycles. The van der Waals surface area contributed by atoms with Gasteiger partial charge in [0, 0.05) is 23.2 Å². The number of fused-ring (bicyclic) bond motifs is 3. The first-order valence-corrected chi connectivity index (χ1v) is 11.5. The largest absolute Gasteiger partial charge is 0.473 e. The maximum absolute atomic E-state index is 13.0. The highest BCUT2D eigenvalue weighted by Crippen LogP contribution is 2.34. The minimum absolute atomic E-state index is 0.00187. The zero-order valence-electron chi connectivity index (χ0n) is 19.1. The molecule has 0 amide bonds. The Bertz CT molecular complexity index is 1610. The molecule has 0 radical (unpaired) electrons. The average molecular weight is 524 g/mol. The van der Waals surface area contributed by atoms with Crippen molar-refractivity contribution in [1.82, 2.24) is 9.55 Å². The molecule has 0 saturated carbocycles. The summed E-state index contributed by atoms with van der Waals surface area (Å²) in [5.41, 5.74) is 1.99. The van der Waals surface area contributed by atoms with Crippen LogP contribution in [-0.2, 0) is 25.7 Å². The van der Waals surface area contributed by atoms with E-state index in [1.54, 1.807) is 22.8 Å². The molecule has 0 atom stereocenters. The first kappa shape index (κ1) is 24.4. The van der Waals surface area contributed by atoms with Crippen LogP contribution in [0.25, 0.3) is 11.3 Å². The lowest BCUT2D eigenvalue weighted by atomic mass is 9.98. The molecule has 5 rings (SSSR count). The van der Waals surface area contributed by atoms with Crippen LogP contribution in [-0.4, -0.2) is 9.55 Å². The number of aromatic nitrogens is 2. The fourth-order valence-corrected chi connectivity index (χ4v) is 4.31. The van der Waals surface area contributed by atoms with Gasteiger partial charge in [-0.15, -0.1) is 0 Å². The van der Waals surface area contributed by atoms with Gasteiger partial charge in [-0.05, 0) is 60.0 Å². The van der Waals surface area contributed by atoms with E-state index in [0.717, 1.165) is 23.3 Å². The predicted molar refractivity (Wildman–Crippen MR) is 130 cm³/mol. The fourth-order valence-electron chi connectivity index (χ4n) is 4.11. The van der Waals surface area contributed by atoms with Crippen molar-refractivity contribution in [3.05, 3.63) is 104 Å². The van der Waals surface area contributed by atoms with E-state index >= 15 is 0 Å². The molecule has 0 N–H and O–H groups in total. The molecule has 1 aromatic heterocycles. The highest BCUT2D eigenvalue weighted by Gasteiger charge is 2.30. The molecule has 2 heterocycles. The molecule has 1 aliphatic rings. The topological polar surface area (TPSA) is 77.1 Å².